The van der Waals surface area contributed by atoms with Crippen molar-refractivity contribution in [3.63, 3.8) is 0 Å². The first kappa shape index (κ1) is 12.6. The van der Waals surface area contributed by atoms with Crippen molar-refractivity contribution in [2.75, 3.05) is 0 Å². The number of para-hydroxylation sites is 1. The summed E-state index contributed by atoms with van der Waals surface area (Å²) in [4.78, 5) is 0. The molecule has 0 bridgehead atoms. The molecule has 0 saturated carbocycles. The van der Waals surface area contributed by atoms with Crippen LogP contribution in [0.2, 0.25) is 0 Å². The second kappa shape index (κ2) is 5.29. The van der Waals surface area contributed by atoms with Crippen LogP contribution in [0.3, 0.4) is 0 Å². The number of nitrogens with zero attached hydrogens (tertiary/aromatic N) is 3. The van der Waals surface area contributed by atoms with Gasteiger partial charge in [0, 0.05) is 0 Å². The third-order valence-electron chi connectivity index (χ3n) is 3.41. The zero-order chi connectivity index (χ0) is 13.9. The number of fused-ring (bicyclic) bond motifs is 1. The Morgan fingerprint density at radius 2 is 1.80 bits per heavy atom. The fraction of sp³-hybridized carbons (Fsp3) is 0.176. The lowest BCUT2D eigenvalue weighted by Crippen LogP contribution is -2.04. The van der Waals surface area contributed by atoms with Gasteiger partial charge in [-0.25, -0.2) is 4.68 Å². The van der Waals surface area contributed by atoms with Gasteiger partial charge in [-0.1, -0.05) is 59.3 Å². The van der Waals surface area contributed by atoms with Gasteiger partial charge < -0.3 is 0 Å². The molecule has 1 unspecified atom stereocenters. The van der Waals surface area contributed by atoms with Crippen molar-refractivity contribution < 1.29 is 0 Å². The van der Waals surface area contributed by atoms with E-state index in [1.54, 1.807) is 0 Å². The molecule has 0 saturated heterocycles. The molecule has 0 spiro atoms. The summed E-state index contributed by atoms with van der Waals surface area (Å²) in [6.07, 6.45) is 4.27. The van der Waals surface area contributed by atoms with Crippen LogP contribution in [0.15, 0.2) is 54.6 Å². The van der Waals surface area contributed by atoms with Crippen LogP contribution < -0.4 is 0 Å². The molecule has 100 valence electrons. The van der Waals surface area contributed by atoms with E-state index in [1.165, 1.54) is 11.1 Å². The minimum atomic E-state index is 0.170. The summed E-state index contributed by atoms with van der Waals surface area (Å²) in [6, 6.07) is 16.7. The average Bonchev–Trinajstić information content (AvgIpc) is 2.90. The maximum Gasteiger partial charge on any atom is 0.113 e. The molecular weight excluding hydrogens is 246 g/mol. The van der Waals surface area contributed by atoms with Gasteiger partial charge in [-0.15, -0.1) is 5.10 Å². The average molecular weight is 263 g/mol. The van der Waals surface area contributed by atoms with Gasteiger partial charge in [-0.05, 0) is 31.5 Å². The van der Waals surface area contributed by atoms with Crippen molar-refractivity contribution in [1.82, 2.24) is 15.0 Å². The van der Waals surface area contributed by atoms with Gasteiger partial charge in [0.15, 0.2) is 0 Å². The molecule has 3 rings (SSSR count). The minimum absolute atomic E-state index is 0.170. The molecule has 1 atom stereocenters. The molecule has 20 heavy (non-hydrogen) atoms. The molecule has 0 aliphatic rings. The van der Waals surface area contributed by atoms with Crippen molar-refractivity contribution in [3.8, 4) is 0 Å². The Labute approximate surface area is 118 Å². The van der Waals surface area contributed by atoms with Crippen molar-refractivity contribution in [3.05, 3.63) is 65.7 Å². The second-order valence-electron chi connectivity index (χ2n) is 5.03. The zero-order valence-electron chi connectivity index (χ0n) is 11.7. The lowest BCUT2D eigenvalue weighted by atomic mass is 10.1. The molecule has 0 amide bonds. The van der Waals surface area contributed by atoms with Gasteiger partial charge in [-0.2, -0.15) is 0 Å². The van der Waals surface area contributed by atoms with Crippen molar-refractivity contribution in [1.29, 1.82) is 0 Å². The van der Waals surface area contributed by atoms with E-state index in [0.29, 0.717) is 0 Å². The fourth-order valence-corrected chi connectivity index (χ4v) is 2.20. The molecule has 0 radical (unpaired) electrons. The fourth-order valence-electron chi connectivity index (χ4n) is 2.20. The van der Waals surface area contributed by atoms with E-state index in [9.17, 15) is 0 Å². The lowest BCUT2D eigenvalue weighted by molar-refractivity contribution is 0.577. The summed E-state index contributed by atoms with van der Waals surface area (Å²) >= 11 is 0. The first-order chi connectivity index (χ1) is 9.74. The molecule has 3 nitrogen and oxygen atoms in total. The Bertz CT molecular complexity index is 738. The van der Waals surface area contributed by atoms with Crippen LogP contribution in [0.25, 0.3) is 17.1 Å². The Hall–Kier alpha value is -2.42. The smallest absolute Gasteiger partial charge is 0.113 e. The summed E-state index contributed by atoms with van der Waals surface area (Å²) < 4.78 is 1.94. The van der Waals surface area contributed by atoms with E-state index in [0.717, 1.165) is 11.0 Å². The Morgan fingerprint density at radius 1 is 1.05 bits per heavy atom. The number of hydrogen-bond donors (Lipinski definition) is 0. The Balaban J connectivity index is 1.85. The summed E-state index contributed by atoms with van der Waals surface area (Å²) in [5, 5.41) is 8.42. The molecule has 1 aromatic heterocycles. The molecule has 3 aromatic rings. The molecule has 0 aliphatic heterocycles. The highest BCUT2D eigenvalue weighted by Crippen LogP contribution is 2.17. The predicted octanol–water partition coefficient (Wildman–Crippen LogP) is 4.01. The third kappa shape index (κ3) is 2.48. The van der Waals surface area contributed by atoms with Crippen molar-refractivity contribution >= 4 is 17.1 Å². The molecule has 0 N–H and O–H groups in total. The van der Waals surface area contributed by atoms with Crippen molar-refractivity contribution in [2.45, 2.75) is 19.9 Å². The Morgan fingerprint density at radius 3 is 2.60 bits per heavy atom. The van der Waals surface area contributed by atoms with Gasteiger partial charge in [0.05, 0.1) is 11.6 Å². The summed E-state index contributed by atoms with van der Waals surface area (Å²) in [7, 11) is 0. The van der Waals surface area contributed by atoms with Crippen LogP contribution >= 0.6 is 0 Å². The largest absolute Gasteiger partial charge is 0.238 e. The van der Waals surface area contributed by atoms with E-state index >= 15 is 0 Å². The maximum absolute atomic E-state index is 4.24. The first-order valence-corrected chi connectivity index (χ1v) is 6.79. The quantitative estimate of drug-likeness (QED) is 0.714. The second-order valence-corrected chi connectivity index (χ2v) is 5.03. The number of hydrogen-bond acceptors (Lipinski definition) is 2. The molecule has 2 aromatic carbocycles. The highest BCUT2D eigenvalue weighted by atomic mass is 15.4. The van der Waals surface area contributed by atoms with Gasteiger partial charge >= 0.3 is 0 Å². The zero-order valence-corrected chi connectivity index (χ0v) is 11.7. The normalized spacial score (nSPS) is 13.1. The number of rotatable bonds is 3. The standard InChI is InChI=1S/C17H17N3/c1-13-7-10-15(11-8-13)12-9-14(2)20-17-6-4-3-5-16(17)18-19-20/h3-12,14H,1-2H3. The van der Waals surface area contributed by atoms with E-state index in [-0.39, 0.29) is 6.04 Å². The number of aryl methyl sites for hydroxylation is 1. The molecule has 0 fully saturated rings. The van der Waals surface area contributed by atoms with Crippen LogP contribution in [0.5, 0.6) is 0 Å². The third-order valence-corrected chi connectivity index (χ3v) is 3.41. The monoisotopic (exact) mass is 263 g/mol. The first-order valence-electron chi connectivity index (χ1n) is 6.79. The van der Waals surface area contributed by atoms with Gasteiger partial charge in [0.25, 0.3) is 0 Å². The molecule has 0 aliphatic carbocycles. The summed E-state index contributed by atoms with van der Waals surface area (Å²) in [5.41, 5.74) is 4.47. The number of benzene rings is 2. The number of allylic oxidation sites excluding steroid dienone is 1. The predicted molar refractivity (Wildman–Crippen MR) is 82.5 cm³/mol. The SMILES string of the molecule is Cc1ccc(C=CC(C)n2nnc3ccccc32)cc1. The highest BCUT2D eigenvalue weighted by Gasteiger charge is 2.07. The summed E-state index contributed by atoms with van der Waals surface area (Å²) in [5.74, 6) is 0. The van der Waals surface area contributed by atoms with Crippen LogP contribution in [0.1, 0.15) is 24.1 Å². The van der Waals surface area contributed by atoms with Crippen LogP contribution in [0, 0.1) is 6.92 Å². The van der Waals surface area contributed by atoms with Crippen LogP contribution in [0.4, 0.5) is 0 Å². The highest BCUT2D eigenvalue weighted by molar-refractivity contribution is 5.74. The van der Waals surface area contributed by atoms with E-state index < -0.39 is 0 Å². The molecule has 1 heterocycles. The molecular formula is C17H17N3. The van der Waals surface area contributed by atoms with Gasteiger partial charge in [0.2, 0.25) is 0 Å². The maximum atomic E-state index is 4.24. The van der Waals surface area contributed by atoms with E-state index in [4.69, 9.17) is 0 Å². The van der Waals surface area contributed by atoms with E-state index in [1.807, 2.05) is 28.9 Å². The Kier molecular flexibility index (Phi) is 3.33. The molecule has 3 heteroatoms. The van der Waals surface area contributed by atoms with Crippen molar-refractivity contribution in [2.24, 2.45) is 0 Å². The van der Waals surface area contributed by atoms with Gasteiger partial charge in [-0.3, -0.25) is 0 Å². The van der Waals surface area contributed by atoms with Crippen LogP contribution in [-0.4, -0.2) is 15.0 Å². The summed E-state index contributed by atoms with van der Waals surface area (Å²) in [6.45, 7) is 4.21. The van der Waals surface area contributed by atoms with Crippen LogP contribution in [-0.2, 0) is 0 Å². The number of aromatic nitrogens is 3. The minimum Gasteiger partial charge on any atom is -0.238 e. The van der Waals surface area contributed by atoms with Gasteiger partial charge in [0.1, 0.15) is 5.52 Å². The topological polar surface area (TPSA) is 30.7 Å². The lowest BCUT2D eigenvalue weighted by Gasteiger charge is -2.07. The van der Waals surface area contributed by atoms with E-state index in [2.05, 4.69) is 60.6 Å².